The van der Waals surface area contributed by atoms with Gasteiger partial charge in [0.1, 0.15) is 0 Å². The lowest BCUT2D eigenvalue weighted by Crippen LogP contribution is -2.41. The van der Waals surface area contributed by atoms with Gasteiger partial charge >= 0.3 is 0 Å². The first-order valence-electron chi connectivity index (χ1n) is 6.36. The van der Waals surface area contributed by atoms with Crippen molar-refractivity contribution in [3.05, 3.63) is 34.9 Å². The molecule has 1 heterocycles. The van der Waals surface area contributed by atoms with Crippen molar-refractivity contribution < 1.29 is 9.90 Å². The molecule has 4 heteroatoms. The maximum atomic E-state index is 12.1. The molecule has 1 aromatic rings. The van der Waals surface area contributed by atoms with Crippen LogP contribution in [0, 0.1) is 5.92 Å². The molecule has 0 bridgehead atoms. The zero-order valence-electron chi connectivity index (χ0n) is 10.9. The molecule has 2 rings (SSSR count). The summed E-state index contributed by atoms with van der Waals surface area (Å²) in [6.07, 6.45) is 0. The van der Waals surface area contributed by atoms with E-state index in [4.69, 9.17) is 0 Å². The van der Waals surface area contributed by atoms with E-state index in [1.807, 2.05) is 32.0 Å². The van der Waals surface area contributed by atoms with Crippen molar-refractivity contribution in [3.63, 3.8) is 0 Å². The van der Waals surface area contributed by atoms with Crippen LogP contribution in [0.2, 0.25) is 0 Å². The number of fused-ring (bicyclic) bond motifs is 1. The molecular formula is C14H20N2O2. The smallest absolute Gasteiger partial charge is 0.251 e. The Kier molecular flexibility index (Phi) is 3.99. The SMILES string of the molecule is CC(C)[C@@H](CO)NC(=O)c1ccc2c(c1)CNC2. The predicted molar refractivity (Wildman–Crippen MR) is 70.2 cm³/mol. The Balaban J connectivity index is 2.09. The summed E-state index contributed by atoms with van der Waals surface area (Å²) in [5, 5.41) is 15.3. The van der Waals surface area contributed by atoms with Gasteiger partial charge in [0.15, 0.2) is 0 Å². The number of hydrogen-bond acceptors (Lipinski definition) is 3. The average molecular weight is 248 g/mol. The van der Waals surface area contributed by atoms with Gasteiger partial charge in [-0.1, -0.05) is 19.9 Å². The Bertz CT molecular complexity index is 443. The fraction of sp³-hybridized carbons (Fsp3) is 0.500. The van der Waals surface area contributed by atoms with E-state index in [2.05, 4.69) is 10.6 Å². The molecule has 0 radical (unpaired) electrons. The largest absolute Gasteiger partial charge is 0.394 e. The third-order valence-corrected chi connectivity index (χ3v) is 3.42. The first-order valence-corrected chi connectivity index (χ1v) is 6.36. The number of nitrogens with one attached hydrogen (secondary N) is 2. The van der Waals surface area contributed by atoms with Crippen molar-refractivity contribution in [2.45, 2.75) is 33.0 Å². The molecule has 1 aromatic carbocycles. The lowest BCUT2D eigenvalue weighted by atomic mass is 10.0. The van der Waals surface area contributed by atoms with Crippen molar-refractivity contribution >= 4 is 5.91 Å². The summed E-state index contributed by atoms with van der Waals surface area (Å²) in [6, 6.07) is 5.58. The maximum Gasteiger partial charge on any atom is 0.251 e. The molecule has 0 aromatic heterocycles. The highest BCUT2D eigenvalue weighted by Gasteiger charge is 2.18. The molecule has 3 N–H and O–H groups in total. The van der Waals surface area contributed by atoms with Crippen molar-refractivity contribution in [2.24, 2.45) is 5.92 Å². The van der Waals surface area contributed by atoms with Gasteiger partial charge in [-0.2, -0.15) is 0 Å². The molecule has 1 aliphatic rings. The van der Waals surface area contributed by atoms with Crippen LogP contribution >= 0.6 is 0 Å². The van der Waals surface area contributed by atoms with E-state index in [1.165, 1.54) is 11.1 Å². The molecule has 0 aliphatic carbocycles. The average Bonchev–Trinajstić information content (AvgIpc) is 2.82. The second-order valence-electron chi connectivity index (χ2n) is 5.09. The Morgan fingerprint density at radius 3 is 2.78 bits per heavy atom. The zero-order valence-corrected chi connectivity index (χ0v) is 10.9. The number of carbonyl (C=O) groups is 1. The van der Waals surface area contributed by atoms with Crippen molar-refractivity contribution in [1.29, 1.82) is 0 Å². The second kappa shape index (κ2) is 5.50. The van der Waals surface area contributed by atoms with Gasteiger partial charge in [0.2, 0.25) is 0 Å². The molecule has 1 aliphatic heterocycles. The van der Waals surface area contributed by atoms with Gasteiger partial charge in [-0.25, -0.2) is 0 Å². The third kappa shape index (κ3) is 2.71. The number of hydrogen-bond donors (Lipinski definition) is 3. The van der Waals surface area contributed by atoms with Crippen LogP contribution in [0.15, 0.2) is 18.2 Å². The molecule has 18 heavy (non-hydrogen) atoms. The van der Waals surface area contributed by atoms with Gasteiger partial charge in [-0.3, -0.25) is 4.79 Å². The second-order valence-corrected chi connectivity index (χ2v) is 5.09. The lowest BCUT2D eigenvalue weighted by molar-refractivity contribution is 0.0897. The zero-order chi connectivity index (χ0) is 13.1. The first-order chi connectivity index (χ1) is 8.61. The van der Waals surface area contributed by atoms with Gasteiger partial charge in [-0.15, -0.1) is 0 Å². The van der Waals surface area contributed by atoms with Gasteiger partial charge < -0.3 is 15.7 Å². The molecule has 0 fully saturated rings. The van der Waals surface area contributed by atoms with Crippen molar-refractivity contribution in [1.82, 2.24) is 10.6 Å². The normalized spacial score (nSPS) is 15.6. The third-order valence-electron chi connectivity index (χ3n) is 3.42. The standard InChI is InChI=1S/C14H20N2O2/c1-9(2)13(8-17)16-14(18)10-3-4-11-6-15-7-12(11)5-10/h3-5,9,13,15,17H,6-8H2,1-2H3,(H,16,18)/t13-/m1/s1. The molecule has 98 valence electrons. The van der Waals surface area contributed by atoms with Crippen LogP contribution in [0.5, 0.6) is 0 Å². The van der Waals surface area contributed by atoms with Crippen LogP contribution < -0.4 is 10.6 Å². The van der Waals surface area contributed by atoms with Gasteiger partial charge in [-0.05, 0) is 29.2 Å². The highest BCUT2D eigenvalue weighted by Crippen LogP contribution is 2.17. The Morgan fingerprint density at radius 1 is 1.39 bits per heavy atom. The van der Waals surface area contributed by atoms with Crippen molar-refractivity contribution in [3.8, 4) is 0 Å². The molecule has 4 nitrogen and oxygen atoms in total. The van der Waals surface area contributed by atoms with E-state index in [9.17, 15) is 9.90 Å². The molecule has 1 atom stereocenters. The summed E-state index contributed by atoms with van der Waals surface area (Å²) in [5.41, 5.74) is 3.11. The van der Waals surface area contributed by atoms with Crippen molar-refractivity contribution in [2.75, 3.05) is 6.61 Å². The maximum absolute atomic E-state index is 12.1. The number of rotatable bonds is 4. The Hall–Kier alpha value is -1.39. The van der Waals surface area contributed by atoms with Gasteiger partial charge in [0.25, 0.3) is 5.91 Å². The van der Waals surface area contributed by atoms with Gasteiger partial charge in [0.05, 0.1) is 12.6 Å². The lowest BCUT2D eigenvalue weighted by Gasteiger charge is -2.20. The number of carbonyl (C=O) groups excluding carboxylic acids is 1. The summed E-state index contributed by atoms with van der Waals surface area (Å²) in [5.74, 6) is 0.104. The number of benzene rings is 1. The Labute approximate surface area is 107 Å². The minimum atomic E-state index is -0.191. The fourth-order valence-electron chi connectivity index (χ4n) is 2.11. The highest BCUT2D eigenvalue weighted by molar-refractivity contribution is 5.94. The predicted octanol–water partition coefficient (Wildman–Crippen LogP) is 1.04. The topological polar surface area (TPSA) is 61.4 Å². The molecule has 0 saturated carbocycles. The van der Waals surface area contributed by atoms with E-state index in [0.717, 1.165) is 13.1 Å². The summed E-state index contributed by atoms with van der Waals surface area (Å²) in [7, 11) is 0. The van der Waals surface area contributed by atoms with E-state index >= 15 is 0 Å². The van der Waals surface area contributed by atoms with Crippen LogP contribution in [-0.4, -0.2) is 23.7 Å². The van der Waals surface area contributed by atoms with Crippen LogP contribution in [-0.2, 0) is 13.1 Å². The first kappa shape index (κ1) is 13.1. The number of aliphatic hydroxyl groups excluding tert-OH is 1. The van der Waals surface area contributed by atoms with Gasteiger partial charge in [0, 0.05) is 18.7 Å². The Morgan fingerprint density at radius 2 is 2.11 bits per heavy atom. The molecule has 1 amide bonds. The van der Waals surface area contributed by atoms with E-state index in [1.54, 1.807) is 0 Å². The molecular weight excluding hydrogens is 228 g/mol. The summed E-state index contributed by atoms with van der Waals surface area (Å²) >= 11 is 0. The quantitative estimate of drug-likeness (QED) is 0.746. The molecule has 0 saturated heterocycles. The number of amides is 1. The van der Waals surface area contributed by atoms with Crippen LogP contribution in [0.1, 0.15) is 35.3 Å². The monoisotopic (exact) mass is 248 g/mol. The van der Waals surface area contributed by atoms with E-state index in [-0.39, 0.29) is 24.5 Å². The van der Waals surface area contributed by atoms with E-state index in [0.29, 0.717) is 5.56 Å². The number of aliphatic hydroxyl groups is 1. The summed E-state index contributed by atoms with van der Waals surface area (Å²) < 4.78 is 0. The van der Waals surface area contributed by atoms with E-state index < -0.39 is 0 Å². The fourth-order valence-corrected chi connectivity index (χ4v) is 2.11. The van der Waals surface area contributed by atoms with Crippen LogP contribution in [0.25, 0.3) is 0 Å². The molecule has 0 spiro atoms. The van der Waals surface area contributed by atoms with Crippen LogP contribution in [0.3, 0.4) is 0 Å². The summed E-state index contributed by atoms with van der Waals surface area (Å²) in [4.78, 5) is 12.1. The highest BCUT2D eigenvalue weighted by atomic mass is 16.3. The molecule has 0 unspecified atom stereocenters. The van der Waals surface area contributed by atoms with Crippen LogP contribution in [0.4, 0.5) is 0 Å². The summed E-state index contributed by atoms with van der Waals surface area (Å²) in [6.45, 7) is 5.63. The minimum absolute atomic E-state index is 0.0318. The minimum Gasteiger partial charge on any atom is -0.394 e.